The van der Waals surface area contributed by atoms with Gasteiger partial charge in [0.15, 0.2) is 0 Å². The molecule has 1 amide bonds. The molecule has 0 aromatic heterocycles. The number of nitriles is 1. The first-order chi connectivity index (χ1) is 11.0. The Balaban J connectivity index is 2.05. The fourth-order valence-corrected chi connectivity index (χ4v) is 3.24. The summed E-state index contributed by atoms with van der Waals surface area (Å²) in [5.74, 6) is 0.0150. The van der Waals surface area contributed by atoms with Gasteiger partial charge in [0.1, 0.15) is 0 Å². The molecule has 1 aliphatic heterocycles. The zero-order valence-corrected chi connectivity index (χ0v) is 14.2. The molecule has 5 heteroatoms. The Morgan fingerprint density at radius 3 is 2.65 bits per heavy atom. The van der Waals surface area contributed by atoms with Gasteiger partial charge in [0.2, 0.25) is 0 Å². The van der Waals surface area contributed by atoms with E-state index in [1.54, 1.807) is 31.4 Å². The number of amides is 1. The van der Waals surface area contributed by atoms with E-state index < -0.39 is 0 Å². The van der Waals surface area contributed by atoms with Gasteiger partial charge in [0.05, 0.1) is 11.6 Å². The van der Waals surface area contributed by atoms with Gasteiger partial charge in [-0.2, -0.15) is 5.26 Å². The maximum absolute atomic E-state index is 12.6. The second-order valence-corrected chi connectivity index (χ2v) is 6.35. The zero-order chi connectivity index (χ0) is 16.9. The number of hydrogen-bond acceptors (Lipinski definition) is 4. The lowest BCUT2D eigenvalue weighted by molar-refractivity contribution is 0.0254. The summed E-state index contributed by atoms with van der Waals surface area (Å²) in [6.07, 6.45) is 2.85. The minimum absolute atomic E-state index is 0.0150. The summed E-state index contributed by atoms with van der Waals surface area (Å²) in [4.78, 5) is 16.8. The van der Waals surface area contributed by atoms with Crippen LogP contribution in [0, 0.1) is 11.3 Å². The van der Waals surface area contributed by atoms with Crippen LogP contribution >= 0.6 is 0 Å². The Morgan fingerprint density at radius 1 is 1.39 bits per heavy atom. The predicted molar refractivity (Wildman–Crippen MR) is 89.2 cm³/mol. The SMILES string of the molecule is COCCC1(N(C)C)CCN(C(=O)c2cccc(C#N)c2)CC1. The van der Waals surface area contributed by atoms with E-state index in [0.717, 1.165) is 39.0 Å². The fourth-order valence-electron chi connectivity index (χ4n) is 3.24. The van der Waals surface area contributed by atoms with Gasteiger partial charge in [-0.1, -0.05) is 6.07 Å². The summed E-state index contributed by atoms with van der Waals surface area (Å²) in [6, 6.07) is 9.01. The van der Waals surface area contributed by atoms with E-state index in [0.29, 0.717) is 11.1 Å². The van der Waals surface area contributed by atoms with E-state index in [2.05, 4.69) is 25.1 Å². The Kier molecular flexibility index (Phi) is 5.75. The highest BCUT2D eigenvalue weighted by molar-refractivity contribution is 5.94. The molecule has 0 unspecified atom stereocenters. The maximum Gasteiger partial charge on any atom is 0.253 e. The van der Waals surface area contributed by atoms with Crippen molar-refractivity contribution in [3.8, 4) is 6.07 Å². The summed E-state index contributed by atoms with van der Waals surface area (Å²) in [5.41, 5.74) is 1.22. The fraction of sp³-hybridized carbons (Fsp3) is 0.556. The number of rotatable bonds is 5. The summed E-state index contributed by atoms with van der Waals surface area (Å²) in [7, 11) is 5.93. The van der Waals surface area contributed by atoms with Crippen molar-refractivity contribution in [2.45, 2.75) is 24.8 Å². The maximum atomic E-state index is 12.6. The van der Waals surface area contributed by atoms with Gasteiger partial charge in [-0.15, -0.1) is 0 Å². The molecule has 1 fully saturated rings. The molecule has 1 aromatic carbocycles. The zero-order valence-electron chi connectivity index (χ0n) is 14.2. The Hall–Kier alpha value is -1.90. The van der Waals surface area contributed by atoms with Gasteiger partial charge in [-0.25, -0.2) is 0 Å². The van der Waals surface area contributed by atoms with Crippen LogP contribution in [0.2, 0.25) is 0 Å². The molecule has 0 N–H and O–H groups in total. The highest BCUT2D eigenvalue weighted by Gasteiger charge is 2.37. The largest absolute Gasteiger partial charge is 0.385 e. The van der Waals surface area contributed by atoms with Crippen molar-refractivity contribution in [1.29, 1.82) is 5.26 Å². The average Bonchev–Trinajstić information content (AvgIpc) is 2.59. The molecule has 1 heterocycles. The van der Waals surface area contributed by atoms with E-state index in [-0.39, 0.29) is 11.4 Å². The molecule has 124 valence electrons. The van der Waals surface area contributed by atoms with Gasteiger partial charge in [0.25, 0.3) is 5.91 Å². The van der Waals surface area contributed by atoms with Crippen molar-refractivity contribution in [3.05, 3.63) is 35.4 Å². The minimum atomic E-state index is 0.0150. The van der Waals surface area contributed by atoms with Crippen molar-refractivity contribution in [2.24, 2.45) is 0 Å². The molecule has 2 rings (SSSR count). The van der Waals surface area contributed by atoms with Gasteiger partial charge < -0.3 is 14.5 Å². The monoisotopic (exact) mass is 315 g/mol. The van der Waals surface area contributed by atoms with Crippen molar-refractivity contribution in [2.75, 3.05) is 40.9 Å². The molecule has 0 aliphatic carbocycles. The Labute approximate surface area is 138 Å². The van der Waals surface area contributed by atoms with E-state index in [1.807, 2.05) is 4.90 Å². The van der Waals surface area contributed by atoms with Gasteiger partial charge in [-0.3, -0.25) is 4.79 Å². The summed E-state index contributed by atoms with van der Waals surface area (Å²) >= 11 is 0. The van der Waals surface area contributed by atoms with E-state index in [9.17, 15) is 4.79 Å². The van der Waals surface area contributed by atoms with E-state index in [4.69, 9.17) is 10.00 Å². The van der Waals surface area contributed by atoms with Crippen molar-refractivity contribution in [1.82, 2.24) is 9.80 Å². The number of carbonyl (C=O) groups excluding carboxylic acids is 1. The van der Waals surface area contributed by atoms with Crippen LogP contribution < -0.4 is 0 Å². The second kappa shape index (κ2) is 7.58. The average molecular weight is 315 g/mol. The molecular formula is C18H25N3O2. The number of likely N-dealkylation sites (tertiary alicyclic amines) is 1. The van der Waals surface area contributed by atoms with Crippen LogP contribution in [0.3, 0.4) is 0 Å². The van der Waals surface area contributed by atoms with E-state index in [1.165, 1.54) is 0 Å². The third kappa shape index (κ3) is 3.90. The smallest absolute Gasteiger partial charge is 0.253 e. The van der Waals surface area contributed by atoms with Crippen LogP contribution in [0.15, 0.2) is 24.3 Å². The molecule has 0 spiro atoms. The first-order valence-corrected chi connectivity index (χ1v) is 7.98. The lowest BCUT2D eigenvalue weighted by atomic mass is 9.83. The Morgan fingerprint density at radius 2 is 2.09 bits per heavy atom. The molecule has 0 bridgehead atoms. The lowest BCUT2D eigenvalue weighted by Gasteiger charge is -2.46. The van der Waals surface area contributed by atoms with Crippen molar-refractivity contribution in [3.63, 3.8) is 0 Å². The molecule has 23 heavy (non-hydrogen) atoms. The summed E-state index contributed by atoms with van der Waals surface area (Å²) < 4.78 is 5.25. The number of piperidine rings is 1. The highest BCUT2D eigenvalue weighted by atomic mass is 16.5. The Bertz CT molecular complexity index is 584. The number of carbonyl (C=O) groups is 1. The number of benzene rings is 1. The minimum Gasteiger partial charge on any atom is -0.385 e. The lowest BCUT2D eigenvalue weighted by Crippen LogP contribution is -2.54. The molecule has 0 radical (unpaired) electrons. The number of ether oxygens (including phenoxy) is 1. The predicted octanol–water partition coefficient (Wildman–Crippen LogP) is 2.13. The van der Waals surface area contributed by atoms with Crippen LogP contribution in [-0.2, 0) is 4.74 Å². The molecule has 0 saturated carbocycles. The number of methoxy groups -OCH3 is 1. The first kappa shape index (κ1) is 17.5. The normalized spacial score (nSPS) is 17.1. The summed E-state index contributed by atoms with van der Waals surface area (Å²) in [5, 5.41) is 8.97. The van der Waals surface area contributed by atoms with Crippen LogP contribution in [0.5, 0.6) is 0 Å². The molecule has 5 nitrogen and oxygen atoms in total. The third-order valence-electron chi connectivity index (χ3n) is 4.94. The standard InChI is InChI=1S/C18H25N3O2/c1-20(2)18(9-12-23-3)7-10-21(11-8-18)17(22)16-6-4-5-15(13-16)14-19/h4-6,13H,7-12H2,1-3H3. The highest BCUT2D eigenvalue weighted by Crippen LogP contribution is 2.31. The van der Waals surface area contributed by atoms with Crippen LogP contribution in [-0.4, -0.2) is 62.1 Å². The molecule has 1 aliphatic rings. The molecular weight excluding hydrogens is 290 g/mol. The first-order valence-electron chi connectivity index (χ1n) is 7.98. The van der Waals surface area contributed by atoms with Gasteiger partial charge in [-0.05, 0) is 51.6 Å². The van der Waals surface area contributed by atoms with Crippen molar-refractivity contribution >= 4 is 5.91 Å². The van der Waals surface area contributed by atoms with Crippen LogP contribution in [0.4, 0.5) is 0 Å². The quantitative estimate of drug-likeness (QED) is 0.835. The molecule has 1 saturated heterocycles. The third-order valence-corrected chi connectivity index (χ3v) is 4.94. The topological polar surface area (TPSA) is 56.6 Å². The molecule has 1 aromatic rings. The molecule has 0 atom stereocenters. The van der Waals surface area contributed by atoms with Crippen LogP contribution in [0.1, 0.15) is 35.2 Å². The van der Waals surface area contributed by atoms with Crippen molar-refractivity contribution < 1.29 is 9.53 Å². The number of nitrogens with zero attached hydrogens (tertiary/aromatic N) is 3. The van der Waals surface area contributed by atoms with Gasteiger partial charge in [0, 0.05) is 37.9 Å². The van der Waals surface area contributed by atoms with E-state index >= 15 is 0 Å². The second-order valence-electron chi connectivity index (χ2n) is 6.35. The van der Waals surface area contributed by atoms with Gasteiger partial charge >= 0.3 is 0 Å². The summed E-state index contributed by atoms with van der Waals surface area (Å²) in [6.45, 7) is 2.20. The number of hydrogen-bond donors (Lipinski definition) is 0. The van der Waals surface area contributed by atoms with Crippen LogP contribution in [0.25, 0.3) is 0 Å².